The van der Waals surface area contributed by atoms with Gasteiger partial charge in [-0.05, 0) is 49.8 Å². The first-order valence-electron chi connectivity index (χ1n) is 10.1. The smallest absolute Gasteiger partial charge is 0.251 e. The van der Waals surface area contributed by atoms with Gasteiger partial charge in [0.1, 0.15) is 6.04 Å². The minimum Gasteiger partial charge on any atom is -0.354 e. The largest absolute Gasteiger partial charge is 0.354 e. The lowest BCUT2D eigenvalue weighted by Crippen LogP contribution is -2.48. The van der Waals surface area contributed by atoms with Gasteiger partial charge in [-0.1, -0.05) is 60.2 Å². The zero-order valence-electron chi connectivity index (χ0n) is 16.2. The molecule has 2 N–H and O–H groups in total. The predicted molar refractivity (Wildman–Crippen MR) is 112 cm³/mol. The molecule has 2 aromatic carbocycles. The van der Waals surface area contributed by atoms with Crippen molar-refractivity contribution in [3.05, 3.63) is 83.4 Å². The lowest BCUT2D eigenvalue weighted by Gasteiger charge is -2.19. The van der Waals surface area contributed by atoms with E-state index in [1.54, 1.807) is 12.1 Å². The summed E-state index contributed by atoms with van der Waals surface area (Å²) in [5.74, 6) is -0.365. The van der Waals surface area contributed by atoms with Crippen molar-refractivity contribution in [3.8, 4) is 0 Å². The van der Waals surface area contributed by atoms with Gasteiger partial charge in [0.25, 0.3) is 5.91 Å². The maximum Gasteiger partial charge on any atom is 0.251 e. The van der Waals surface area contributed by atoms with E-state index < -0.39 is 6.04 Å². The summed E-state index contributed by atoms with van der Waals surface area (Å²) in [7, 11) is 0. The number of carbonyl (C=O) groups excluding carboxylic acids is 2. The summed E-state index contributed by atoms with van der Waals surface area (Å²) in [6, 6.07) is 18.2. The van der Waals surface area contributed by atoms with Crippen LogP contribution in [0.25, 0.3) is 0 Å². The van der Waals surface area contributed by atoms with E-state index in [4.69, 9.17) is 0 Å². The van der Waals surface area contributed by atoms with Crippen LogP contribution in [0.15, 0.2) is 72.3 Å². The van der Waals surface area contributed by atoms with Gasteiger partial charge in [-0.15, -0.1) is 0 Å². The molecule has 28 heavy (non-hydrogen) atoms. The second-order valence-electron chi connectivity index (χ2n) is 7.23. The molecule has 1 aliphatic carbocycles. The third-order valence-electron chi connectivity index (χ3n) is 5.07. The molecule has 3 rings (SSSR count). The third-order valence-corrected chi connectivity index (χ3v) is 5.07. The van der Waals surface area contributed by atoms with Crippen molar-refractivity contribution in [1.29, 1.82) is 0 Å². The van der Waals surface area contributed by atoms with E-state index in [1.165, 1.54) is 18.4 Å². The van der Waals surface area contributed by atoms with Crippen molar-refractivity contribution in [2.45, 2.75) is 44.6 Å². The molecule has 0 radical (unpaired) electrons. The van der Waals surface area contributed by atoms with Crippen LogP contribution in [0.4, 0.5) is 0 Å². The van der Waals surface area contributed by atoms with Crippen molar-refractivity contribution in [2.24, 2.45) is 0 Å². The van der Waals surface area contributed by atoms with Gasteiger partial charge >= 0.3 is 0 Å². The molecule has 0 heterocycles. The monoisotopic (exact) mass is 376 g/mol. The quantitative estimate of drug-likeness (QED) is 0.683. The summed E-state index contributed by atoms with van der Waals surface area (Å²) >= 11 is 0. The highest BCUT2D eigenvalue weighted by atomic mass is 16.2. The number of hydrogen-bond acceptors (Lipinski definition) is 2. The van der Waals surface area contributed by atoms with Gasteiger partial charge in [-0.2, -0.15) is 0 Å². The molecule has 1 aliphatic rings. The highest BCUT2D eigenvalue weighted by Gasteiger charge is 2.21. The van der Waals surface area contributed by atoms with Crippen LogP contribution in [0.2, 0.25) is 0 Å². The highest BCUT2D eigenvalue weighted by molar-refractivity contribution is 5.97. The first-order valence-corrected chi connectivity index (χ1v) is 10.1. The van der Waals surface area contributed by atoms with E-state index in [2.05, 4.69) is 16.7 Å². The van der Waals surface area contributed by atoms with Crippen LogP contribution in [0.1, 0.15) is 48.0 Å². The molecule has 0 saturated heterocycles. The molecule has 0 bridgehead atoms. The normalized spacial score (nSPS) is 14.6. The lowest BCUT2D eigenvalue weighted by molar-refractivity contribution is -0.122. The molecule has 146 valence electrons. The zero-order valence-corrected chi connectivity index (χ0v) is 16.2. The van der Waals surface area contributed by atoms with Crippen LogP contribution in [0.3, 0.4) is 0 Å². The Labute approximate surface area is 167 Å². The van der Waals surface area contributed by atoms with E-state index in [0.717, 1.165) is 24.8 Å². The third kappa shape index (κ3) is 6.08. The van der Waals surface area contributed by atoms with Crippen molar-refractivity contribution in [3.63, 3.8) is 0 Å². The first kappa shape index (κ1) is 19.9. The van der Waals surface area contributed by atoms with Gasteiger partial charge in [-0.3, -0.25) is 9.59 Å². The molecule has 0 aromatic heterocycles. The van der Waals surface area contributed by atoms with Crippen LogP contribution < -0.4 is 10.6 Å². The minimum absolute atomic E-state index is 0.135. The van der Waals surface area contributed by atoms with Crippen LogP contribution in [0, 0.1) is 0 Å². The number of allylic oxidation sites excluding steroid dienone is 1. The maximum atomic E-state index is 12.8. The van der Waals surface area contributed by atoms with E-state index in [1.807, 2.05) is 48.5 Å². The molecule has 4 nitrogen and oxygen atoms in total. The van der Waals surface area contributed by atoms with Gasteiger partial charge < -0.3 is 10.6 Å². The zero-order chi connectivity index (χ0) is 19.6. The fraction of sp³-hybridized carbons (Fsp3) is 0.333. The Hall–Kier alpha value is -2.88. The van der Waals surface area contributed by atoms with Crippen LogP contribution in [0.5, 0.6) is 0 Å². The summed E-state index contributed by atoms with van der Waals surface area (Å²) in [6.45, 7) is 0.608. The van der Waals surface area contributed by atoms with Crippen LogP contribution in [-0.2, 0) is 11.2 Å². The minimum atomic E-state index is -0.601. The number of rotatable bonds is 8. The summed E-state index contributed by atoms with van der Waals surface area (Å²) in [5.41, 5.74) is 3.01. The lowest BCUT2D eigenvalue weighted by atomic mass is 9.97. The number of carbonyl (C=O) groups is 2. The Kier molecular flexibility index (Phi) is 7.42. The molecule has 1 atom stereocenters. The SMILES string of the molecule is O=C(NC(Cc1ccccc1)C(=O)NCCC1=CCCCC1)c1ccccc1. The van der Waals surface area contributed by atoms with Gasteiger partial charge in [0, 0.05) is 18.5 Å². The molecule has 0 saturated carbocycles. The maximum absolute atomic E-state index is 12.8. The van der Waals surface area contributed by atoms with E-state index in [9.17, 15) is 9.59 Å². The number of hydrogen-bond donors (Lipinski definition) is 2. The fourth-order valence-corrected chi connectivity index (χ4v) is 3.49. The average Bonchev–Trinajstić information content (AvgIpc) is 2.75. The topological polar surface area (TPSA) is 58.2 Å². The predicted octanol–water partition coefficient (Wildman–Crippen LogP) is 4.03. The van der Waals surface area contributed by atoms with Crippen molar-refractivity contribution < 1.29 is 9.59 Å². The second kappa shape index (κ2) is 10.5. The van der Waals surface area contributed by atoms with Crippen LogP contribution in [-0.4, -0.2) is 24.4 Å². The van der Waals surface area contributed by atoms with Gasteiger partial charge in [0.2, 0.25) is 5.91 Å². The Bertz CT molecular complexity index is 800. The fourth-order valence-electron chi connectivity index (χ4n) is 3.49. The molecule has 4 heteroatoms. The standard InChI is InChI=1S/C24H28N2O2/c27-23(21-14-8-3-9-15-21)26-22(18-20-12-6-2-7-13-20)24(28)25-17-16-19-10-4-1-5-11-19/h2-3,6-10,12-15,22H,1,4-5,11,16-18H2,(H,25,28)(H,26,27). The Morgan fingerprint density at radius 2 is 1.64 bits per heavy atom. The molecule has 0 aliphatic heterocycles. The van der Waals surface area contributed by atoms with Gasteiger partial charge in [0.15, 0.2) is 0 Å². The van der Waals surface area contributed by atoms with Crippen molar-refractivity contribution in [1.82, 2.24) is 10.6 Å². The summed E-state index contributed by atoms with van der Waals surface area (Å²) in [4.78, 5) is 25.4. The summed E-state index contributed by atoms with van der Waals surface area (Å²) in [6.07, 6.45) is 8.43. The number of benzene rings is 2. The number of nitrogens with one attached hydrogen (secondary N) is 2. The molecule has 1 unspecified atom stereocenters. The van der Waals surface area contributed by atoms with Crippen molar-refractivity contribution in [2.75, 3.05) is 6.54 Å². The molecule has 2 amide bonds. The first-order chi connectivity index (χ1) is 13.7. The Morgan fingerprint density at radius 3 is 2.32 bits per heavy atom. The van der Waals surface area contributed by atoms with Gasteiger partial charge in [-0.25, -0.2) is 0 Å². The van der Waals surface area contributed by atoms with Crippen LogP contribution >= 0.6 is 0 Å². The second-order valence-corrected chi connectivity index (χ2v) is 7.23. The molecule has 2 aromatic rings. The molecular weight excluding hydrogens is 348 g/mol. The Morgan fingerprint density at radius 1 is 0.929 bits per heavy atom. The molecule has 0 fully saturated rings. The van der Waals surface area contributed by atoms with E-state index in [-0.39, 0.29) is 11.8 Å². The van der Waals surface area contributed by atoms with E-state index in [0.29, 0.717) is 18.5 Å². The number of amides is 2. The van der Waals surface area contributed by atoms with Crippen molar-refractivity contribution >= 4 is 11.8 Å². The highest BCUT2D eigenvalue weighted by Crippen LogP contribution is 2.19. The summed E-state index contributed by atoms with van der Waals surface area (Å²) < 4.78 is 0. The van der Waals surface area contributed by atoms with Gasteiger partial charge in [0.05, 0.1) is 0 Å². The molecule has 0 spiro atoms. The van der Waals surface area contributed by atoms with E-state index >= 15 is 0 Å². The summed E-state index contributed by atoms with van der Waals surface area (Å²) in [5, 5.41) is 5.92. The Balaban J connectivity index is 1.61. The average molecular weight is 377 g/mol. The molecular formula is C24H28N2O2.